The molecule has 4 aliphatic rings. The predicted octanol–water partition coefficient (Wildman–Crippen LogP) is 3.94. The molecule has 232 valence electrons. The number of fused-ring (bicyclic) bond motifs is 1. The van der Waals surface area contributed by atoms with E-state index in [1.54, 1.807) is 4.90 Å². The molecule has 3 aliphatic heterocycles. The number of hydrogen-bond donors (Lipinski definition) is 2. The molecule has 0 bridgehead atoms. The summed E-state index contributed by atoms with van der Waals surface area (Å²) in [6, 6.07) is 15.7. The molecule has 3 aromatic rings. The summed E-state index contributed by atoms with van der Waals surface area (Å²) in [6.45, 7) is 5.36. The highest BCUT2D eigenvalue weighted by molar-refractivity contribution is 5.94. The number of aromatic nitrogens is 1. The number of amides is 3. The minimum Gasteiger partial charge on any atom is -0.351 e. The Balaban J connectivity index is 1.08. The van der Waals surface area contributed by atoms with Crippen molar-refractivity contribution < 1.29 is 14.4 Å². The summed E-state index contributed by atoms with van der Waals surface area (Å²) < 4.78 is 2.08. The molecular weight excluding hydrogens is 550 g/mol. The quantitative estimate of drug-likeness (QED) is 0.433. The number of piperidine rings is 1. The van der Waals surface area contributed by atoms with Gasteiger partial charge in [-0.3, -0.25) is 14.4 Å². The molecule has 3 saturated heterocycles. The van der Waals surface area contributed by atoms with Gasteiger partial charge in [0.1, 0.15) is 6.04 Å². The van der Waals surface area contributed by atoms with E-state index in [4.69, 9.17) is 0 Å². The second kappa shape index (κ2) is 11.7. The molecule has 0 radical (unpaired) electrons. The highest BCUT2D eigenvalue weighted by Gasteiger charge is 2.51. The molecule has 1 spiro atoms. The van der Waals surface area contributed by atoms with E-state index >= 15 is 0 Å². The third kappa shape index (κ3) is 5.76. The summed E-state index contributed by atoms with van der Waals surface area (Å²) >= 11 is 0. The Morgan fingerprint density at radius 1 is 1.00 bits per heavy atom. The van der Waals surface area contributed by atoms with Gasteiger partial charge in [-0.05, 0) is 104 Å². The van der Waals surface area contributed by atoms with E-state index in [0.717, 1.165) is 48.8 Å². The van der Waals surface area contributed by atoms with Gasteiger partial charge in [-0.1, -0.05) is 35.9 Å². The van der Waals surface area contributed by atoms with E-state index < -0.39 is 12.1 Å². The van der Waals surface area contributed by atoms with Gasteiger partial charge < -0.3 is 25.0 Å². The molecule has 4 heterocycles. The van der Waals surface area contributed by atoms with Crippen LogP contribution in [0, 0.1) is 24.2 Å². The van der Waals surface area contributed by atoms with Crippen LogP contribution in [0.4, 0.5) is 0 Å². The summed E-state index contributed by atoms with van der Waals surface area (Å²) in [5, 5.41) is 7.71. The van der Waals surface area contributed by atoms with Crippen molar-refractivity contribution in [3.8, 4) is 0 Å². The SMILES string of the molecule is Cc1ccc(C[C@@H]2C[C@@H](C(=O)NCc3ccc4c(ccn4C)c3)N(C(=O)[C@@H]3NCCC[C@@H]3C(=O)N3CCC4(CC4)C3)C2)cc1. The number of carbonyl (C=O) groups is 3. The second-order valence-corrected chi connectivity index (χ2v) is 14.0. The number of aryl methyl sites for hydroxylation is 2. The summed E-state index contributed by atoms with van der Waals surface area (Å²) in [5.41, 5.74) is 4.97. The van der Waals surface area contributed by atoms with Crippen molar-refractivity contribution in [2.75, 3.05) is 26.2 Å². The zero-order valence-electron chi connectivity index (χ0n) is 26.1. The first-order valence-electron chi connectivity index (χ1n) is 16.5. The molecule has 44 heavy (non-hydrogen) atoms. The van der Waals surface area contributed by atoms with Gasteiger partial charge in [0, 0.05) is 44.9 Å². The maximum Gasteiger partial charge on any atom is 0.243 e. The average Bonchev–Trinajstić information content (AvgIpc) is 3.31. The van der Waals surface area contributed by atoms with Crippen LogP contribution in [0.15, 0.2) is 54.7 Å². The molecule has 8 nitrogen and oxygen atoms in total. The summed E-state index contributed by atoms with van der Waals surface area (Å²) in [4.78, 5) is 45.8. The fraction of sp³-hybridized carbons (Fsp3) is 0.528. The summed E-state index contributed by atoms with van der Waals surface area (Å²) in [5.74, 6) is -0.300. The number of benzene rings is 2. The molecule has 1 aliphatic carbocycles. The van der Waals surface area contributed by atoms with Crippen molar-refractivity contribution in [3.63, 3.8) is 0 Å². The highest BCUT2D eigenvalue weighted by atomic mass is 16.2. The van der Waals surface area contributed by atoms with Crippen LogP contribution < -0.4 is 10.6 Å². The van der Waals surface area contributed by atoms with Gasteiger partial charge in [0.2, 0.25) is 17.7 Å². The number of rotatable bonds is 7. The molecule has 0 unspecified atom stereocenters. The summed E-state index contributed by atoms with van der Waals surface area (Å²) in [7, 11) is 2.02. The maximum atomic E-state index is 14.4. The van der Waals surface area contributed by atoms with Gasteiger partial charge in [0.15, 0.2) is 0 Å². The zero-order chi connectivity index (χ0) is 30.4. The standard InChI is InChI=1S/C36H45N5O3/c1-24-5-7-25(8-6-24)18-27-20-31(33(42)38-21-26-9-10-30-28(19-26)11-16-39(30)2)41(22-27)35(44)32-29(4-3-15-37-32)34(43)40-17-14-36(23-40)12-13-36/h5-11,16,19,27,29,31-32,37H,3-4,12-15,17-18,20-23H2,1-2H3,(H,38,42)/t27-,29+,31+,32-/m1/s1. The van der Waals surface area contributed by atoms with E-state index in [1.165, 1.54) is 24.0 Å². The fourth-order valence-corrected chi connectivity index (χ4v) is 7.90. The molecule has 4 fully saturated rings. The minimum atomic E-state index is -0.582. The lowest BCUT2D eigenvalue weighted by Gasteiger charge is -2.36. The molecular formula is C36H45N5O3. The fourth-order valence-electron chi connectivity index (χ4n) is 7.90. The van der Waals surface area contributed by atoms with Gasteiger partial charge in [-0.25, -0.2) is 0 Å². The number of hydrogen-bond acceptors (Lipinski definition) is 4. The second-order valence-electron chi connectivity index (χ2n) is 14.0. The van der Waals surface area contributed by atoms with Gasteiger partial charge in [-0.2, -0.15) is 0 Å². The predicted molar refractivity (Wildman–Crippen MR) is 171 cm³/mol. The molecule has 2 N–H and O–H groups in total. The van der Waals surface area contributed by atoms with Crippen molar-refractivity contribution in [3.05, 3.63) is 71.4 Å². The van der Waals surface area contributed by atoms with Gasteiger partial charge in [0.05, 0.1) is 12.0 Å². The van der Waals surface area contributed by atoms with Gasteiger partial charge >= 0.3 is 0 Å². The van der Waals surface area contributed by atoms with Crippen LogP contribution in [0.25, 0.3) is 10.9 Å². The Labute approximate surface area is 260 Å². The number of nitrogens with one attached hydrogen (secondary N) is 2. The van der Waals surface area contributed by atoms with E-state index in [-0.39, 0.29) is 29.6 Å². The Morgan fingerprint density at radius 3 is 2.57 bits per heavy atom. The molecule has 1 aromatic heterocycles. The average molecular weight is 596 g/mol. The van der Waals surface area contributed by atoms with Crippen LogP contribution in [0.5, 0.6) is 0 Å². The largest absolute Gasteiger partial charge is 0.351 e. The highest BCUT2D eigenvalue weighted by Crippen LogP contribution is 2.53. The van der Waals surface area contributed by atoms with Crippen LogP contribution >= 0.6 is 0 Å². The van der Waals surface area contributed by atoms with E-state index in [0.29, 0.717) is 37.9 Å². The van der Waals surface area contributed by atoms with E-state index in [2.05, 4.69) is 64.6 Å². The minimum absolute atomic E-state index is 0.0966. The zero-order valence-corrected chi connectivity index (χ0v) is 26.1. The monoisotopic (exact) mass is 595 g/mol. The Kier molecular flexibility index (Phi) is 7.73. The van der Waals surface area contributed by atoms with Crippen molar-refractivity contribution in [2.24, 2.45) is 24.3 Å². The van der Waals surface area contributed by atoms with Crippen LogP contribution in [0.3, 0.4) is 0 Å². The third-order valence-electron chi connectivity index (χ3n) is 10.8. The Hall–Kier alpha value is -3.65. The molecule has 3 amide bonds. The first-order chi connectivity index (χ1) is 21.3. The molecule has 7 rings (SSSR count). The van der Waals surface area contributed by atoms with Gasteiger partial charge in [-0.15, -0.1) is 0 Å². The Morgan fingerprint density at radius 2 is 1.80 bits per heavy atom. The van der Waals surface area contributed by atoms with Crippen LogP contribution in [0.1, 0.15) is 55.2 Å². The normalized spacial score (nSPS) is 26.0. The van der Waals surface area contributed by atoms with E-state index in [9.17, 15) is 14.4 Å². The smallest absolute Gasteiger partial charge is 0.243 e. The van der Waals surface area contributed by atoms with Crippen LogP contribution in [-0.2, 0) is 34.4 Å². The van der Waals surface area contributed by atoms with E-state index in [1.807, 2.05) is 24.2 Å². The van der Waals surface area contributed by atoms with Crippen molar-refractivity contribution >= 4 is 28.6 Å². The number of nitrogens with zero attached hydrogens (tertiary/aromatic N) is 3. The number of likely N-dealkylation sites (tertiary alicyclic amines) is 2. The van der Waals surface area contributed by atoms with Crippen molar-refractivity contribution in [1.29, 1.82) is 0 Å². The topological polar surface area (TPSA) is 86.7 Å². The first-order valence-corrected chi connectivity index (χ1v) is 16.5. The summed E-state index contributed by atoms with van der Waals surface area (Å²) in [6.07, 6.45) is 8.58. The molecule has 4 atom stereocenters. The van der Waals surface area contributed by atoms with Gasteiger partial charge in [0.25, 0.3) is 0 Å². The third-order valence-corrected chi connectivity index (χ3v) is 10.8. The number of carbonyl (C=O) groups excluding carboxylic acids is 3. The Bertz CT molecular complexity index is 1560. The lowest BCUT2D eigenvalue weighted by Crippen LogP contribution is -2.59. The van der Waals surface area contributed by atoms with Crippen molar-refractivity contribution in [1.82, 2.24) is 25.0 Å². The lowest BCUT2D eigenvalue weighted by atomic mass is 9.88. The lowest BCUT2D eigenvalue weighted by molar-refractivity contribution is -0.147. The van der Waals surface area contributed by atoms with Crippen LogP contribution in [-0.4, -0.2) is 70.4 Å². The van der Waals surface area contributed by atoms with Crippen LogP contribution in [0.2, 0.25) is 0 Å². The molecule has 2 aromatic carbocycles. The van der Waals surface area contributed by atoms with Crippen molar-refractivity contribution in [2.45, 2.75) is 70.5 Å². The maximum absolute atomic E-state index is 14.4. The molecule has 1 saturated carbocycles. The first kappa shape index (κ1) is 29.1. The molecule has 8 heteroatoms.